The Hall–Kier alpha value is -4.13. The van der Waals surface area contributed by atoms with E-state index in [1.165, 1.54) is 18.2 Å². The summed E-state index contributed by atoms with van der Waals surface area (Å²) in [5, 5.41) is 11.2. The molecule has 0 saturated carbocycles. The first-order valence-corrected chi connectivity index (χ1v) is 11.1. The minimum Gasteiger partial charge on any atom is -0.325 e. The first-order valence-electron chi connectivity index (χ1n) is 10.1. The Morgan fingerprint density at radius 1 is 1.00 bits per heavy atom. The van der Waals surface area contributed by atoms with Crippen LogP contribution in [0.25, 0.3) is 5.69 Å². The molecule has 0 aliphatic heterocycles. The first kappa shape index (κ1) is 24.0. The van der Waals surface area contributed by atoms with Crippen molar-refractivity contribution in [2.45, 2.75) is 17.8 Å². The van der Waals surface area contributed by atoms with Gasteiger partial charge >= 0.3 is 11.9 Å². The van der Waals surface area contributed by atoms with Gasteiger partial charge in [0.1, 0.15) is 5.82 Å². The second kappa shape index (κ2) is 10.0. The van der Waals surface area contributed by atoms with Gasteiger partial charge in [-0.1, -0.05) is 30.0 Å². The van der Waals surface area contributed by atoms with E-state index in [4.69, 9.17) is 0 Å². The van der Waals surface area contributed by atoms with Crippen molar-refractivity contribution < 1.29 is 18.0 Å². The number of hydrogen-bond donors (Lipinski definition) is 3. The number of anilines is 1. The Morgan fingerprint density at radius 3 is 2.37 bits per heavy atom. The summed E-state index contributed by atoms with van der Waals surface area (Å²) in [7, 11) is 0. The molecule has 13 heteroatoms. The predicted molar refractivity (Wildman–Crippen MR) is 123 cm³/mol. The molecule has 0 atom stereocenters. The van der Waals surface area contributed by atoms with Gasteiger partial charge in [0.2, 0.25) is 5.91 Å². The molecular weight excluding hydrogens is 485 g/mol. The largest absolute Gasteiger partial charge is 0.416 e. The number of aromatic nitrogens is 5. The van der Waals surface area contributed by atoms with E-state index in [9.17, 15) is 27.6 Å². The van der Waals surface area contributed by atoms with Crippen LogP contribution in [0.15, 0.2) is 75.4 Å². The van der Waals surface area contributed by atoms with E-state index in [1.807, 2.05) is 6.07 Å². The van der Waals surface area contributed by atoms with Gasteiger partial charge in [-0.25, -0.2) is 4.79 Å². The fourth-order valence-corrected chi connectivity index (χ4v) is 3.97. The maximum absolute atomic E-state index is 12.7. The van der Waals surface area contributed by atoms with E-state index < -0.39 is 28.9 Å². The van der Waals surface area contributed by atoms with Crippen molar-refractivity contribution in [3.63, 3.8) is 0 Å². The molecule has 0 saturated heterocycles. The van der Waals surface area contributed by atoms with Crippen LogP contribution in [0, 0.1) is 0 Å². The van der Waals surface area contributed by atoms with Crippen molar-refractivity contribution >= 4 is 23.4 Å². The molecule has 0 fully saturated rings. The number of nitrogens with one attached hydrogen (secondary N) is 3. The molecule has 1 amide bonds. The Balaban J connectivity index is 1.52. The number of aromatic amines is 2. The van der Waals surface area contributed by atoms with Gasteiger partial charge in [0.15, 0.2) is 5.16 Å². The second-order valence-corrected chi connectivity index (χ2v) is 8.21. The van der Waals surface area contributed by atoms with Crippen LogP contribution >= 0.6 is 11.8 Å². The number of alkyl halides is 3. The lowest BCUT2D eigenvalue weighted by Gasteiger charge is -2.11. The van der Waals surface area contributed by atoms with E-state index in [1.54, 1.807) is 28.8 Å². The molecule has 35 heavy (non-hydrogen) atoms. The lowest BCUT2D eigenvalue weighted by molar-refractivity contribution is -0.137. The van der Waals surface area contributed by atoms with Crippen LogP contribution in [0.2, 0.25) is 0 Å². The SMILES string of the molecule is O=C(CSc1nnc(Cc2cc(=O)[nH]c(=O)[nH]2)n1-c1ccccc1)Nc1ccc(C(F)(F)F)cc1. The molecule has 4 aromatic rings. The molecule has 0 spiro atoms. The van der Waals surface area contributed by atoms with Gasteiger partial charge in [-0.05, 0) is 36.4 Å². The summed E-state index contributed by atoms with van der Waals surface area (Å²) >= 11 is 1.07. The number of para-hydroxylation sites is 1. The average Bonchev–Trinajstić information content (AvgIpc) is 3.19. The third-order valence-corrected chi connectivity index (χ3v) is 5.64. The molecule has 0 aliphatic carbocycles. The number of thioether (sulfide) groups is 1. The van der Waals surface area contributed by atoms with E-state index in [0.717, 1.165) is 23.9 Å². The first-order chi connectivity index (χ1) is 16.7. The molecular formula is C22H17F3N6O3S. The third kappa shape index (κ3) is 6.06. The third-order valence-electron chi connectivity index (χ3n) is 4.71. The van der Waals surface area contributed by atoms with Gasteiger partial charge in [0.05, 0.1) is 11.3 Å². The monoisotopic (exact) mass is 502 g/mol. The molecule has 0 radical (unpaired) electrons. The van der Waals surface area contributed by atoms with Crippen LogP contribution in [0.3, 0.4) is 0 Å². The van der Waals surface area contributed by atoms with Crippen LogP contribution in [0.4, 0.5) is 18.9 Å². The van der Waals surface area contributed by atoms with Gasteiger partial charge in [-0.15, -0.1) is 10.2 Å². The average molecular weight is 502 g/mol. The fraction of sp³-hybridized carbons (Fsp3) is 0.136. The number of nitrogens with zero attached hydrogens (tertiary/aromatic N) is 3. The molecule has 0 aliphatic rings. The summed E-state index contributed by atoms with van der Waals surface area (Å²) in [6.45, 7) is 0. The molecule has 0 unspecified atom stereocenters. The van der Waals surface area contributed by atoms with Crippen LogP contribution in [-0.4, -0.2) is 36.4 Å². The van der Waals surface area contributed by atoms with E-state index in [-0.39, 0.29) is 17.9 Å². The van der Waals surface area contributed by atoms with Gasteiger partial charge < -0.3 is 10.3 Å². The number of carbonyl (C=O) groups excluding carboxylic acids is 1. The number of hydrogen-bond acceptors (Lipinski definition) is 6. The number of carbonyl (C=O) groups is 1. The maximum atomic E-state index is 12.7. The Kier molecular flexibility index (Phi) is 6.87. The van der Waals surface area contributed by atoms with E-state index >= 15 is 0 Å². The second-order valence-electron chi connectivity index (χ2n) is 7.27. The van der Waals surface area contributed by atoms with Crippen LogP contribution in [0.5, 0.6) is 0 Å². The van der Waals surface area contributed by atoms with Crippen molar-refractivity contribution in [3.05, 3.63) is 98.6 Å². The summed E-state index contributed by atoms with van der Waals surface area (Å²) in [4.78, 5) is 40.3. The standard InChI is InChI=1S/C22H17F3N6O3S/c23-22(24,25)13-6-8-14(9-7-13)26-19(33)12-35-21-30-29-17(31(21)16-4-2-1-3-5-16)10-15-11-18(32)28-20(34)27-15/h1-9,11H,10,12H2,(H,26,33)(H2,27,28,32,34). The number of H-pyrrole nitrogens is 2. The Morgan fingerprint density at radius 2 is 1.71 bits per heavy atom. The fourth-order valence-electron chi connectivity index (χ4n) is 3.20. The molecule has 3 N–H and O–H groups in total. The number of amides is 1. The van der Waals surface area contributed by atoms with Crippen molar-refractivity contribution in [2.75, 3.05) is 11.1 Å². The molecule has 4 rings (SSSR count). The molecule has 0 bridgehead atoms. The molecule has 2 aromatic carbocycles. The normalized spacial score (nSPS) is 11.4. The molecule has 180 valence electrons. The highest BCUT2D eigenvalue weighted by Crippen LogP contribution is 2.30. The smallest absolute Gasteiger partial charge is 0.325 e. The van der Waals surface area contributed by atoms with Crippen molar-refractivity contribution in [3.8, 4) is 5.69 Å². The zero-order chi connectivity index (χ0) is 25.0. The number of halogens is 3. The molecule has 2 aromatic heterocycles. The highest BCUT2D eigenvalue weighted by molar-refractivity contribution is 7.99. The van der Waals surface area contributed by atoms with Gasteiger partial charge in [-0.2, -0.15) is 13.2 Å². The Labute approximate surface area is 199 Å². The van der Waals surface area contributed by atoms with Gasteiger partial charge in [0.25, 0.3) is 5.56 Å². The van der Waals surface area contributed by atoms with Gasteiger partial charge in [0, 0.05) is 29.6 Å². The Bertz CT molecular complexity index is 1420. The van der Waals surface area contributed by atoms with E-state index in [2.05, 4.69) is 25.5 Å². The highest BCUT2D eigenvalue weighted by atomic mass is 32.2. The summed E-state index contributed by atoms with van der Waals surface area (Å²) in [5.41, 5.74) is -0.746. The van der Waals surface area contributed by atoms with Crippen molar-refractivity contribution in [2.24, 2.45) is 0 Å². The molecule has 9 nitrogen and oxygen atoms in total. The zero-order valence-corrected chi connectivity index (χ0v) is 18.6. The van der Waals surface area contributed by atoms with E-state index in [0.29, 0.717) is 22.4 Å². The topological polar surface area (TPSA) is 126 Å². The number of benzene rings is 2. The summed E-state index contributed by atoms with van der Waals surface area (Å²) in [6.07, 6.45) is -4.36. The van der Waals surface area contributed by atoms with Crippen molar-refractivity contribution in [1.82, 2.24) is 24.7 Å². The van der Waals surface area contributed by atoms with Crippen LogP contribution in [-0.2, 0) is 17.4 Å². The zero-order valence-electron chi connectivity index (χ0n) is 17.8. The number of rotatable bonds is 7. The quantitative estimate of drug-likeness (QED) is 0.334. The lowest BCUT2D eigenvalue weighted by Crippen LogP contribution is -2.23. The summed E-state index contributed by atoms with van der Waals surface area (Å²) < 4.78 is 39.8. The minimum absolute atomic E-state index is 0.0895. The lowest BCUT2D eigenvalue weighted by atomic mass is 10.2. The maximum Gasteiger partial charge on any atom is 0.416 e. The summed E-state index contributed by atoms with van der Waals surface area (Å²) in [6, 6.07) is 14.4. The highest BCUT2D eigenvalue weighted by Gasteiger charge is 2.30. The molecule has 2 heterocycles. The van der Waals surface area contributed by atoms with Crippen LogP contribution in [0.1, 0.15) is 17.1 Å². The van der Waals surface area contributed by atoms with Crippen LogP contribution < -0.4 is 16.6 Å². The summed E-state index contributed by atoms with van der Waals surface area (Å²) in [5.74, 6) is -0.116. The minimum atomic E-state index is -4.46. The predicted octanol–water partition coefficient (Wildman–Crippen LogP) is 2.98. The van der Waals surface area contributed by atoms with Crippen molar-refractivity contribution in [1.29, 1.82) is 0 Å². The van der Waals surface area contributed by atoms with Gasteiger partial charge in [-0.3, -0.25) is 19.1 Å².